The van der Waals surface area contributed by atoms with E-state index < -0.39 is 18.0 Å². The van der Waals surface area contributed by atoms with Crippen LogP contribution in [-0.4, -0.2) is 34.6 Å². The largest absolute Gasteiger partial charge is 0.573 e. The van der Waals surface area contributed by atoms with Gasteiger partial charge in [-0.2, -0.15) is 0 Å². The molecule has 1 heterocycles. The number of amides is 2. The molecule has 0 aliphatic heterocycles. The van der Waals surface area contributed by atoms with Crippen LogP contribution in [0, 0.1) is 0 Å². The SMILES string of the molecule is CSc1cccc(CC(=O)Nc2nnc(CCCC/C(N)=C/C=C(\N)NC(=O)Cc3cccc(OC(F)(F)F)c3)s2)c1. The number of alkyl halides is 3. The van der Waals surface area contributed by atoms with Crippen molar-refractivity contribution in [3.63, 3.8) is 0 Å². The predicted molar refractivity (Wildman–Crippen MR) is 158 cm³/mol. The Kier molecular flexibility index (Phi) is 12.2. The van der Waals surface area contributed by atoms with Crippen molar-refractivity contribution in [3.8, 4) is 5.75 Å². The number of carbonyl (C=O) groups is 2. The van der Waals surface area contributed by atoms with Crippen LogP contribution in [0.15, 0.2) is 77.1 Å². The van der Waals surface area contributed by atoms with Gasteiger partial charge in [0.15, 0.2) is 0 Å². The van der Waals surface area contributed by atoms with E-state index in [1.165, 1.54) is 29.5 Å². The van der Waals surface area contributed by atoms with Crippen LogP contribution in [0.2, 0.25) is 0 Å². The first kappa shape index (κ1) is 32.5. The third kappa shape index (κ3) is 12.2. The number of benzene rings is 2. The fraction of sp³-hybridized carbons (Fsp3) is 0.286. The Hall–Kier alpha value is -4.04. The molecule has 0 atom stereocenters. The maximum atomic E-state index is 12.4. The van der Waals surface area contributed by atoms with Crippen molar-refractivity contribution in [1.29, 1.82) is 0 Å². The highest BCUT2D eigenvalue weighted by Crippen LogP contribution is 2.24. The van der Waals surface area contributed by atoms with Crippen molar-refractivity contribution in [2.45, 2.75) is 49.8 Å². The van der Waals surface area contributed by atoms with Gasteiger partial charge in [-0.15, -0.1) is 35.1 Å². The minimum Gasteiger partial charge on any atom is -0.406 e. The number of nitrogens with one attached hydrogen (secondary N) is 2. The number of halogens is 3. The smallest absolute Gasteiger partial charge is 0.406 e. The third-order valence-electron chi connectivity index (χ3n) is 5.58. The lowest BCUT2D eigenvalue weighted by atomic mass is 10.1. The van der Waals surface area contributed by atoms with Gasteiger partial charge in [-0.3, -0.25) is 9.59 Å². The molecule has 0 saturated heterocycles. The molecule has 2 amide bonds. The summed E-state index contributed by atoms with van der Waals surface area (Å²) < 4.78 is 41.0. The molecule has 0 bridgehead atoms. The van der Waals surface area contributed by atoms with E-state index in [1.54, 1.807) is 17.8 Å². The molecule has 3 aromatic rings. The van der Waals surface area contributed by atoms with Crippen LogP contribution in [0.5, 0.6) is 5.75 Å². The molecule has 0 spiro atoms. The minimum absolute atomic E-state index is 0.0473. The van der Waals surface area contributed by atoms with Gasteiger partial charge >= 0.3 is 6.36 Å². The number of anilines is 1. The highest BCUT2D eigenvalue weighted by molar-refractivity contribution is 7.98. The fourth-order valence-corrected chi connectivity index (χ4v) is 4.99. The number of aromatic nitrogens is 2. The number of aryl methyl sites for hydroxylation is 1. The molecular weight excluding hydrogens is 589 g/mol. The molecular formula is C28H31F3N6O3S2. The van der Waals surface area contributed by atoms with Crippen molar-refractivity contribution in [1.82, 2.24) is 15.5 Å². The topological polar surface area (TPSA) is 145 Å². The van der Waals surface area contributed by atoms with E-state index in [1.807, 2.05) is 30.5 Å². The number of allylic oxidation sites excluding steroid dienone is 3. The van der Waals surface area contributed by atoms with Crippen LogP contribution in [0.25, 0.3) is 0 Å². The van der Waals surface area contributed by atoms with Gasteiger partial charge in [-0.1, -0.05) is 35.6 Å². The molecule has 3 rings (SSSR count). The summed E-state index contributed by atoms with van der Waals surface area (Å²) in [5.41, 5.74) is 13.7. The van der Waals surface area contributed by atoms with Crippen molar-refractivity contribution >= 4 is 40.0 Å². The first-order valence-electron chi connectivity index (χ1n) is 12.8. The Morgan fingerprint density at radius 3 is 2.45 bits per heavy atom. The second-order valence-electron chi connectivity index (χ2n) is 9.07. The van der Waals surface area contributed by atoms with E-state index in [4.69, 9.17) is 11.5 Å². The summed E-state index contributed by atoms with van der Waals surface area (Å²) in [6.45, 7) is 0. The van der Waals surface area contributed by atoms with Crippen molar-refractivity contribution in [2.75, 3.05) is 11.6 Å². The molecule has 6 N–H and O–H groups in total. The number of carbonyl (C=O) groups excluding carboxylic acids is 2. The van der Waals surface area contributed by atoms with E-state index in [0.29, 0.717) is 29.2 Å². The molecule has 0 saturated carbocycles. The molecule has 0 unspecified atom stereocenters. The van der Waals surface area contributed by atoms with E-state index >= 15 is 0 Å². The van der Waals surface area contributed by atoms with Gasteiger partial charge in [0.25, 0.3) is 0 Å². The van der Waals surface area contributed by atoms with Crippen molar-refractivity contribution < 1.29 is 27.5 Å². The van der Waals surface area contributed by atoms with Gasteiger partial charge in [0.1, 0.15) is 16.6 Å². The quantitative estimate of drug-likeness (QED) is 0.111. The summed E-state index contributed by atoms with van der Waals surface area (Å²) in [5.74, 6) is -1.01. The molecule has 224 valence electrons. The van der Waals surface area contributed by atoms with Gasteiger partial charge in [-0.05, 0) is 73.1 Å². The zero-order valence-corrected chi connectivity index (χ0v) is 24.4. The highest BCUT2D eigenvalue weighted by Gasteiger charge is 2.31. The average molecular weight is 621 g/mol. The number of thioether (sulfide) groups is 1. The van der Waals surface area contributed by atoms with Gasteiger partial charge in [0, 0.05) is 17.0 Å². The number of hydrogen-bond donors (Lipinski definition) is 4. The summed E-state index contributed by atoms with van der Waals surface area (Å²) in [6, 6.07) is 13.0. The zero-order valence-electron chi connectivity index (χ0n) is 22.7. The lowest BCUT2D eigenvalue weighted by Crippen LogP contribution is -2.28. The zero-order chi connectivity index (χ0) is 30.5. The Morgan fingerprint density at radius 2 is 1.71 bits per heavy atom. The van der Waals surface area contributed by atoms with E-state index in [2.05, 4.69) is 25.6 Å². The average Bonchev–Trinajstić information content (AvgIpc) is 3.36. The van der Waals surface area contributed by atoms with Crippen LogP contribution in [-0.2, 0) is 28.9 Å². The number of nitrogens with zero attached hydrogens (tertiary/aromatic N) is 2. The lowest BCUT2D eigenvalue weighted by Gasteiger charge is -2.10. The van der Waals surface area contributed by atoms with E-state index in [-0.39, 0.29) is 24.6 Å². The minimum atomic E-state index is -4.82. The van der Waals surface area contributed by atoms with Crippen LogP contribution in [0.3, 0.4) is 0 Å². The van der Waals surface area contributed by atoms with E-state index in [0.717, 1.165) is 40.4 Å². The van der Waals surface area contributed by atoms with Crippen LogP contribution < -0.4 is 26.8 Å². The summed E-state index contributed by atoms with van der Waals surface area (Å²) in [5, 5.41) is 14.7. The molecule has 0 aliphatic carbocycles. The maximum absolute atomic E-state index is 12.4. The van der Waals surface area contributed by atoms with Crippen molar-refractivity contribution in [2.24, 2.45) is 11.5 Å². The Balaban J connectivity index is 1.36. The molecule has 2 aromatic carbocycles. The molecule has 42 heavy (non-hydrogen) atoms. The molecule has 0 radical (unpaired) electrons. The Morgan fingerprint density at radius 1 is 1.00 bits per heavy atom. The van der Waals surface area contributed by atoms with Gasteiger partial charge in [-0.25, -0.2) is 0 Å². The van der Waals surface area contributed by atoms with Gasteiger partial charge in [0.2, 0.25) is 16.9 Å². The number of rotatable bonds is 14. The monoisotopic (exact) mass is 620 g/mol. The van der Waals surface area contributed by atoms with Gasteiger partial charge in [0.05, 0.1) is 12.8 Å². The number of hydrogen-bond acceptors (Lipinski definition) is 9. The Bertz CT molecular complexity index is 1430. The second kappa shape index (κ2) is 15.8. The Labute approximate surface area is 249 Å². The normalized spacial score (nSPS) is 12.2. The fourth-order valence-electron chi connectivity index (χ4n) is 3.71. The van der Waals surface area contributed by atoms with Crippen LogP contribution in [0.4, 0.5) is 18.3 Å². The summed E-state index contributed by atoms with van der Waals surface area (Å²) in [6.07, 6.45) is 3.10. The summed E-state index contributed by atoms with van der Waals surface area (Å²) in [4.78, 5) is 25.7. The summed E-state index contributed by atoms with van der Waals surface area (Å²) in [7, 11) is 0. The number of ether oxygens (including phenoxy) is 1. The predicted octanol–water partition coefficient (Wildman–Crippen LogP) is 5.05. The molecule has 9 nitrogen and oxygen atoms in total. The second-order valence-corrected chi connectivity index (χ2v) is 11.0. The summed E-state index contributed by atoms with van der Waals surface area (Å²) >= 11 is 2.96. The number of unbranched alkanes of at least 4 members (excludes halogenated alkanes) is 1. The standard InChI is InChI=1S/C28H31F3N6O3S2/c1-41-22-10-5-7-19(15-22)17-25(39)35-27-37-36-26(42-27)11-3-2-8-20(32)12-13-23(33)34-24(38)16-18-6-4-9-21(14-18)40-28(29,30)31/h4-7,9-10,12-15H,2-3,8,11,16-17,32-33H2,1H3,(H,34,38)(H,35,37,39)/b20-12-,23-13+. The molecule has 1 aromatic heterocycles. The third-order valence-corrected chi connectivity index (χ3v) is 7.20. The van der Waals surface area contributed by atoms with Crippen LogP contribution in [0.1, 0.15) is 35.4 Å². The van der Waals surface area contributed by atoms with Crippen LogP contribution >= 0.6 is 23.1 Å². The maximum Gasteiger partial charge on any atom is 0.573 e. The lowest BCUT2D eigenvalue weighted by molar-refractivity contribution is -0.274. The molecule has 0 fully saturated rings. The van der Waals surface area contributed by atoms with Gasteiger partial charge < -0.3 is 26.8 Å². The molecule has 14 heteroatoms. The number of nitrogens with two attached hydrogens (primary N) is 2. The van der Waals surface area contributed by atoms with Crippen molar-refractivity contribution in [3.05, 3.63) is 88.3 Å². The first-order valence-corrected chi connectivity index (χ1v) is 14.8. The van der Waals surface area contributed by atoms with E-state index in [9.17, 15) is 22.8 Å². The first-order chi connectivity index (χ1) is 20.0. The molecule has 0 aliphatic rings. The highest BCUT2D eigenvalue weighted by atomic mass is 32.2.